The fourth-order valence-corrected chi connectivity index (χ4v) is 1.62. The lowest BCUT2D eigenvalue weighted by atomic mass is 10.1. The monoisotopic (exact) mass is 209 g/mol. The van der Waals surface area contributed by atoms with Crippen LogP contribution in [0.5, 0.6) is 0 Å². The third-order valence-corrected chi connectivity index (χ3v) is 2.88. The maximum atomic E-state index is 3.42. The molecule has 0 saturated heterocycles. The molecule has 14 heavy (non-hydrogen) atoms. The minimum Gasteiger partial charge on any atom is -0.385 e. The van der Waals surface area contributed by atoms with E-state index in [2.05, 4.69) is 49.7 Å². The van der Waals surface area contributed by atoms with E-state index in [4.69, 9.17) is 0 Å². The molecule has 1 aromatic rings. The number of nitrogens with one attached hydrogen (secondary N) is 1. The highest BCUT2D eigenvalue weighted by atomic mass is 32.2. The SMILES string of the molecule is CSc1ccc(NCCC(C)C)cc1. The number of rotatable bonds is 5. The molecule has 1 nitrogen and oxygen atoms in total. The van der Waals surface area contributed by atoms with Crippen molar-refractivity contribution in [2.24, 2.45) is 5.92 Å². The zero-order chi connectivity index (χ0) is 10.4. The predicted molar refractivity (Wildman–Crippen MR) is 66.2 cm³/mol. The lowest BCUT2D eigenvalue weighted by Gasteiger charge is -2.08. The minimum absolute atomic E-state index is 0.771. The van der Waals surface area contributed by atoms with Gasteiger partial charge in [0.25, 0.3) is 0 Å². The Morgan fingerprint density at radius 3 is 2.36 bits per heavy atom. The molecule has 0 saturated carbocycles. The first-order valence-electron chi connectivity index (χ1n) is 5.10. The smallest absolute Gasteiger partial charge is 0.0340 e. The van der Waals surface area contributed by atoms with Crippen LogP contribution < -0.4 is 5.32 Å². The molecule has 0 unspecified atom stereocenters. The van der Waals surface area contributed by atoms with E-state index < -0.39 is 0 Å². The van der Waals surface area contributed by atoms with Crippen LogP contribution in [0.3, 0.4) is 0 Å². The molecule has 0 aromatic heterocycles. The Morgan fingerprint density at radius 1 is 1.21 bits per heavy atom. The van der Waals surface area contributed by atoms with Gasteiger partial charge in [-0.1, -0.05) is 13.8 Å². The zero-order valence-electron chi connectivity index (χ0n) is 9.21. The van der Waals surface area contributed by atoms with Gasteiger partial charge < -0.3 is 5.32 Å². The summed E-state index contributed by atoms with van der Waals surface area (Å²) < 4.78 is 0. The van der Waals surface area contributed by atoms with Crippen LogP contribution in [0.15, 0.2) is 29.2 Å². The standard InChI is InChI=1S/C12H19NS/c1-10(2)8-9-13-11-4-6-12(14-3)7-5-11/h4-7,10,13H,8-9H2,1-3H3. The van der Waals surface area contributed by atoms with E-state index in [1.54, 1.807) is 11.8 Å². The van der Waals surface area contributed by atoms with Crippen molar-refractivity contribution in [2.75, 3.05) is 18.1 Å². The summed E-state index contributed by atoms with van der Waals surface area (Å²) in [5.41, 5.74) is 1.23. The largest absolute Gasteiger partial charge is 0.385 e. The molecule has 0 bridgehead atoms. The van der Waals surface area contributed by atoms with Gasteiger partial charge in [-0.25, -0.2) is 0 Å². The number of hydrogen-bond donors (Lipinski definition) is 1. The first-order chi connectivity index (χ1) is 6.72. The summed E-state index contributed by atoms with van der Waals surface area (Å²) in [6, 6.07) is 8.60. The molecule has 1 aromatic carbocycles. The average Bonchev–Trinajstić information content (AvgIpc) is 2.18. The summed E-state index contributed by atoms with van der Waals surface area (Å²) in [5, 5.41) is 3.42. The Morgan fingerprint density at radius 2 is 1.86 bits per heavy atom. The number of hydrogen-bond acceptors (Lipinski definition) is 2. The molecule has 0 heterocycles. The molecule has 0 aliphatic carbocycles. The Kier molecular flexibility index (Phi) is 4.88. The van der Waals surface area contributed by atoms with Crippen molar-refractivity contribution in [1.82, 2.24) is 0 Å². The Bertz CT molecular complexity index is 254. The van der Waals surface area contributed by atoms with Crippen molar-refractivity contribution in [3.8, 4) is 0 Å². The van der Waals surface area contributed by atoms with Gasteiger partial charge in [0.1, 0.15) is 0 Å². The first kappa shape index (κ1) is 11.4. The molecular formula is C12H19NS. The normalized spacial score (nSPS) is 10.6. The summed E-state index contributed by atoms with van der Waals surface area (Å²) in [5.74, 6) is 0.771. The van der Waals surface area contributed by atoms with Crippen molar-refractivity contribution < 1.29 is 0 Å². The van der Waals surface area contributed by atoms with Crippen LogP contribution in [0, 0.1) is 5.92 Å². The van der Waals surface area contributed by atoms with Gasteiger partial charge in [0.2, 0.25) is 0 Å². The van der Waals surface area contributed by atoms with Gasteiger partial charge in [0, 0.05) is 17.1 Å². The highest BCUT2D eigenvalue weighted by Crippen LogP contribution is 2.17. The third kappa shape index (κ3) is 4.05. The lowest BCUT2D eigenvalue weighted by Crippen LogP contribution is -2.04. The van der Waals surface area contributed by atoms with Crippen molar-refractivity contribution in [1.29, 1.82) is 0 Å². The maximum absolute atomic E-state index is 3.42. The molecule has 78 valence electrons. The van der Waals surface area contributed by atoms with Crippen molar-refractivity contribution in [3.63, 3.8) is 0 Å². The molecule has 0 amide bonds. The van der Waals surface area contributed by atoms with E-state index in [-0.39, 0.29) is 0 Å². The van der Waals surface area contributed by atoms with E-state index in [0.717, 1.165) is 12.5 Å². The summed E-state index contributed by atoms with van der Waals surface area (Å²) in [6.45, 7) is 5.56. The van der Waals surface area contributed by atoms with Crippen LogP contribution in [-0.4, -0.2) is 12.8 Å². The summed E-state index contributed by atoms with van der Waals surface area (Å²) in [6.07, 6.45) is 3.32. The lowest BCUT2D eigenvalue weighted by molar-refractivity contribution is 0.607. The molecule has 0 aliphatic heterocycles. The molecular weight excluding hydrogens is 190 g/mol. The zero-order valence-corrected chi connectivity index (χ0v) is 10.0. The molecule has 2 heteroatoms. The van der Waals surface area contributed by atoms with Gasteiger partial charge in [-0.3, -0.25) is 0 Å². The number of benzene rings is 1. The van der Waals surface area contributed by atoms with Crippen LogP contribution in [0.4, 0.5) is 5.69 Å². The number of thioether (sulfide) groups is 1. The Balaban J connectivity index is 2.36. The van der Waals surface area contributed by atoms with E-state index >= 15 is 0 Å². The van der Waals surface area contributed by atoms with E-state index in [1.165, 1.54) is 17.0 Å². The van der Waals surface area contributed by atoms with Gasteiger partial charge in [-0.15, -0.1) is 11.8 Å². The third-order valence-electron chi connectivity index (χ3n) is 2.14. The van der Waals surface area contributed by atoms with Crippen LogP contribution in [-0.2, 0) is 0 Å². The van der Waals surface area contributed by atoms with Crippen molar-refractivity contribution in [3.05, 3.63) is 24.3 Å². The van der Waals surface area contributed by atoms with E-state index in [1.807, 2.05) is 0 Å². The highest BCUT2D eigenvalue weighted by Gasteiger charge is 1.95. The van der Waals surface area contributed by atoms with Gasteiger partial charge >= 0.3 is 0 Å². The molecule has 0 spiro atoms. The molecule has 0 fully saturated rings. The fourth-order valence-electron chi connectivity index (χ4n) is 1.21. The van der Waals surface area contributed by atoms with Crippen LogP contribution >= 0.6 is 11.8 Å². The second kappa shape index (κ2) is 5.97. The Hall–Kier alpha value is -0.630. The summed E-state index contributed by atoms with van der Waals surface area (Å²) in [7, 11) is 0. The van der Waals surface area contributed by atoms with Gasteiger partial charge in [0.15, 0.2) is 0 Å². The van der Waals surface area contributed by atoms with Crippen LogP contribution in [0.2, 0.25) is 0 Å². The van der Waals surface area contributed by atoms with E-state index in [0.29, 0.717) is 0 Å². The quantitative estimate of drug-likeness (QED) is 0.739. The van der Waals surface area contributed by atoms with Crippen molar-refractivity contribution >= 4 is 17.4 Å². The Labute approximate surface area is 91.3 Å². The minimum atomic E-state index is 0.771. The topological polar surface area (TPSA) is 12.0 Å². The highest BCUT2D eigenvalue weighted by molar-refractivity contribution is 7.98. The second-order valence-electron chi connectivity index (χ2n) is 3.84. The second-order valence-corrected chi connectivity index (χ2v) is 4.72. The van der Waals surface area contributed by atoms with Crippen LogP contribution in [0.25, 0.3) is 0 Å². The molecule has 0 atom stereocenters. The summed E-state index contributed by atoms with van der Waals surface area (Å²) in [4.78, 5) is 1.32. The molecule has 1 rings (SSSR count). The average molecular weight is 209 g/mol. The van der Waals surface area contributed by atoms with Gasteiger partial charge in [-0.05, 0) is 42.9 Å². The fraction of sp³-hybridized carbons (Fsp3) is 0.500. The molecule has 0 aliphatic rings. The number of anilines is 1. The van der Waals surface area contributed by atoms with Crippen molar-refractivity contribution in [2.45, 2.75) is 25.2 Å². The van der Waals surface area contributed by atoms with Gasteiger partial charge in [-0.2, -0.15) is 0 Å². The molecule has 1 N–H and O–H groups in total. The van der Waals surface area contributed by atoms with Crippen LogP contribution in [0.1, 0.15) is 20.3 Å². The predicted octanol–water partition coefficient (Wildman–Crippen LogP) is 3.87. The summed E-state index contributed by atoms with van der Waals surface area (Å²) >= 11 is 1.78. The maximum Gasteiger partial charge on any atom is 0.0340 e. The van der Waals surface area contributed by atoms with E-state index in [9.17, 15) is 0 Å². The van der Waals surface area contributed by atoms with Gasteiger partial charge in [0.05, 0.1) is 0 Å². The first-order valence-corrected chi connectivity index (χ1v) is 6.32. The molecule has 0 radical (unpaired) electrons.